The van der Waals surface area contributed by atoms with Crippen LogP contribution in [0, 0.1) is 17.3 Å². The van der Waals surface area contributed by atoms with Crippen molar-refractivity contribution in [2.45, 2.75) is 51.9 Å². The van der Waals surface area contributed by atoms with E-state index in [0.29, 0.717) is 12.8 Å². The SMILES string of the molecule is C[C@@H](C1CCCC1)C(C)(C(F)(F)F)C(F)(F)F. The van der Waals surface area contributed by atoms with Crippen LogP contribution in [0.1, 0.15) is 39.5 Å². The number of alkyl halides is 6. The molecule has 1 fully saturated rings. The summed E-state index contributed by atoms with van der Waals surface area (Å²) in [6.45, 7) is 1.37. The monoisotopic (exact) mass is 262 g/mol. The topological polar surface area (TPSA) is 0 Å². The Labute approximate surface area is 96.4 Å². The lowest BCUT2D eigenvalue weighted by Crippen LogP contribution is -2.53. The fourth-order valence-electron chi connectivity index (χ4n) is 2.61. The summed E-state index contributed by atoms with van der Waals surface area (Å²) in [5.41, 5.74) is -3.60. The van der Waals surface area contributed by atoms with Crippen molar-refractivity contribution in [2.24, 2.45) is 17.3 Å². The summed E-state index contributed by atoms with van der Waals surface area (Å²) < 4.78 is 76.7. The van der Waals surface area contributed by atoms with Gasteiger partial charge >= 0.3 is 12.4 Å². The van der Waals surface area contributed by atoms with Gasteiger partial charge in [0.25, 0.3) is 0 Å². The molecule has 0 saturated heterocycles. The van der Waals surface area contributed by atoms with Crippen molar-refractivity contribution in [3.63, 3.8) is 0 Å². The van der Waals surface area contributed by atoms with Crippen molar-refractivity contribution in [3.05, 3.63) is 0 Å². The van der Waals surface area contributed by atoms with E-state index in [0.717, 1.165) is 19.8 Å². The first-order valence-corrected chi connectivity index (χ1v) is 5.65. The molecule has 0 aliphatic heterocycles. The first kappa shape index (κ1) is 14.6. The molecule has 102 valence electrons. The molecule has 0 aromatic rings. The lowest BCUT2D eigenvalue weighted by atomic mass is 9.69. The van der Waals surface area contributed by atoms with Gasteiger partial charge in [0.1, 0.15) is 0 Å². The van der Waals surface area contributed by atoms with Crippen molar-refractivity contribution >= 4 is 0 Å². The van der Waals surface area contributed by atoms with Crippen LogP contribution in [-0.2, 0) is 0 Å². The number of hydrogen-bond acceptors (Lipinski definition) is 0. The van der Waals surface area contributed by atoms with Crippen LogP contribution in [0.3, 0.4) is 0 Å². The lowest BCUT2D eigenvalue weighted by Gasteiger charge is -2.41. The van der Waals surface area contributed by atoms with E-state index in [1.165, 1.54) is 0 Å². The van der Waals surface area contributed by atoms with Gasteiger partial charge in [-0.3, -0.25) is 0 Å². The molecule has 0 aromatic heterocycles. The molecule has 17 heavy (non-hydrogen) atoms. The Morgan fingerprint density at radius 2 is 1.24 bits per heavy atom. The quantitative estimate of drug-likeness (QED) is 0.618. The smallest absolute Gasteiger partial charge is 0.170 e. The summed E-state index contributed by atoms with van der Waals surface area (Å²) in [7, 11) is 0. The Morgan fingerprint density at radius 3 is 1.53 bits per heavy atom. The maximum absolute atomic E-state index is 12.8. The van der Waals surface area contributed by atoms with Gasteiger partial charge in [0.15, 0.2) is 5.41 Å². The van der Waals surface area contributed by atoms with Crippen LogP contribution in [0.25, 0.3) is 0 Å². The predicted molar refractivity (Wildman–Crippen MR) is 51.3 cm³/mol. The van der Waals surface area contributed by atoms with Crippen LogP contribution in [-0.4, -0.2) is 12.4 Å². The highest BCUT2D eigenvalue weighted by molar-refractivity contribution is 4.96. The Hall–Kier alpha value is -0.420. The molecule has 6 heteroatoms. The number of rotatable bonds is 2. The molecular formula is C11H16F6. The van der Waals surface area contributed by atoms with Gasteiger partial charge in [-0.25, -0.2) is 0 Å². The molecule has 1 aliphatic rings. The standard InChI is InChI=1S/C11H16F6/c1-7(8-5-3-4-6-8)9(2,10(12,13)14)11(15,16)17/h7-8H,3-6H2,1-2H3/t7-/m0/s1. The van der Waals surface area contributed by atoms with Crippen LogP contribution in [0.15, 0.2) is 0 Å². The highest BCUT2D eigenvalue weighted by Gasteiger charge is 2.70. The summed E-state index contributed by atoms with van der Waals surface area (Å²) in [4.78, 5) is 0. The van der Waals surface area contributed by atoms with E-state index in [1.807, 2.05) is 0 Å². The molecule has 1 rings (SSSR count). The van der Waals surface area contributed by atoms with Gasteiger partial charge < -0.3 is 0 Å². The molecular weight excluding hydrogens is 246 g/mol. The molecule has 0 amide bonds. The highest BCUT2D eigenvalue weighted by Crippen LogP contribution is 2.58. The molecule has 0 aromatic carbocycles. The fraction of sp³-hybridized carbons (Fsp3) is 1.00. The van der Waals surface area contributed by atoms with Crippen LogP contribution in [0.4, 0.5) is 26.3 Å². The summed E-state index contributed by atoms with van der Waals surface area (Å²) >= 11 is 0. The Balaban J connectivity index is 3.06. The largest absolute Gasteiger partial charge is 0.403 e. The van der Waals surface area contributed by atoms with Crippen LogP contribution in [0.2, 0.25) is 0 Å². The van der Waals surface area contributed by atoms with E-state index in [2.05, 4.69) is 0 Å². The maximum Gasteiger partial charge on any atom is 0.403 e. The average molecular weight is 262 g/mol. The zero-order valence-electron chi connectivity index (χ0n) is 9.75. The predicted octanol–water partition coefficient (Wildman–Crippen LogP) is 4.94. The minimum atomic E-state index is -5.26. The first-order chi connectivity index (χ1) is 7.52. The van der Waals surface area contributed by atoms with Crippen molar-refractivity contribution in [1.82, 2.24) is 0 Å². The molecule has 0 heterocycles. The first-order valence-electron chi connectivity index (χ1n) is 5.65. The average Bonchev–Trinajstić information content (AvgIpc) is 2.64. The second-order valence-electron chi connectivity index (χ2n) is 5.03. The molecule has 1 aliphatic carbocycles. The third-order valence-corrected chi connectivity index (χ3v) is 4.20. The van der Waals surface area contributed by atoms with E-state index in [9.17, 15) is 26.3 Å². The van der Waals surface area contributed by atoms with Crippen molar-refractivity contribution in [3.8, 4) is 0 Å². The zero-order chi connectivity index (χ0) is 13.5. The normalized spacial score (nSPS) is 21.9. The van der Waals surface area contributed by atoms with Gasteiger partial charge in [0.2, 0.25) is 0 Å². The van der Waals surface area contributed by atoms with Gasteiger partial charge in [-0.2, -0.15) is 26.3 Å². The van der Waals surface area contributed by atoms with Crippen LogP contribution in [0.5, 0.6) is 0 Å². The van der Waals surface area contributed by atoms with Gasteiger partial charge in [0, 0.05) is 0 Å². The third-order valence-electron chi connectivity index (χ3n) is 4.20. The Kier molecular flexibility index (Phi) is 3.75. The number of halogens is 6. The molecule has 0 nitrogen and oxygen atoms in total. The van der Waals surface area contributed by atoms with E-state index in [-0.39, 0.29) is 6.92 Å². The minimum absolute atomic E-state index is 0.288. The Bertz CT molecular complexity index is 244. The van der Waals surface area contributed by atoms with E-state index >= 15 is 0 Å². The molecule has 1 atom stereocenters. The zero-order valence-corrected chi connectivity index (χ0v) is 9.75. The van der Waals surface area contributed by atoms with E-state index in [1.54, 1.807) is 0 Å². The molecule has 0 bridgehead atoms. The minimum Gasteiger partial charge on any atom is -0.170 e. The summed E-state index contributed by atoms with van der Waals surface area (Å²) in [6, 6.07) is 0. The second kappa shape index (κ2) is 4.35. The van der Waals surface area contributed by atoms with E-state index in [4.69, 9.17) is 0 Å². The van der Waals surface area contributed by atoms with Gasteiger partial charge in [-0.05, 0) is 18.8 Å². The fourth-order valence-corrected chi connectivity index (χ4v) is 2.61. The summed E-state index contributed by atoms with van der Waals surface area (Å²) in [6.07, 6.45) is -8.14. The van der Waals surface area contributed by atoms with Gasteiger partial charge in [0.05, 0.1) is 0 Å². The highest BCUT2D eigenvalue weighted by atomic mass is 19.4. The van der Waals surface area contributed by atoms with Gasteiger partial charge in [-0.15, -0.1) is 0 Å². The van der Waals surface area contributed by atoms with Crippen molar-refractivity contribution in [2.75, 3.05) is 0 Å². The summed E-state index contributed by atoms with van der Waals surface area (Å²) in [5.74, 6) is -1.91. The lowest BCUT2D eigenvalue weighted by molar-refractivity contribution is -0.354. The summed E-state index contributed by atoms with van der Waals surface area (Å²) in [5, 5.41) is 0. The van der Waals surface area contributed by atoms with E-state index < -0.39 is 29.6 Å². The van der Waals surface area contributed by atoms with Crippen LogP contribution >= 0.6 is 0 Å². The van der Waals surface area contributed by atoms with Gasteiger partial charge in [-0.1, -0.05) is 32.6 Å². The molecule has 0 N–H and O–H groups in total. The molecule has 0 spiro atoms. The maximum atomic E-state index is 12.8. The van der Waals surface area contributed by atoms with Crippen molar-refractivity contribution in [1.29, 1.82) is 0 Å². The van der Waals surface area contributed by atoms with Crippen molar-refractivity contribution < 1.29 is 26.3 Å². The number of hydrogen-bond donors (Lipinski definition) is 0. The molecule has 0 radical (unpaired) electrons. The Morgan fingerprint density at radius 1 is 0.882 bits per heavy atom. The molecule has 0 unspecified atom stereocenters. The van der Waals surface area contributed by atoms with Crippen LogP contribution < -0.4 is 0 Å². The molecule has 1 saturated carbocycles. The second-order valence-corrected chi connectivity index (χ2v) is 5.03. The third kappa shape index (κ3) is 2.40.